The van der Waals surface area contributed by atoms with Crippen molar-refractivity contribution in [3.05, 3.63) is 23.8 Å². The summed E-state index contributed by atoms with van der Waals surface area (Å²) in [6.45, 7) is 3.60. The first-order chi connectivity index (χ1) is 10.8. The zero-order valence-corrected chi connectivity index (χ0v) is 13.1. The van der Waals surface area contributed by atoms with E-state index in [0.29, 0.717) is 23.4 Å². The first-order valence-corrected chi connectivity index (χ1v) is 8.75. The number of fused-ring (bicyclic) bond motifs is 1. The standard InChI is InChI=1S/C16H18N4OS/c21-16(10-1-2-13-14(5-10)19-22-18-13)17-15-11-3-9-4-12(15)8-20(6-9)7-11/h1-2,5,9,11-12,15H,3-4,6-8H2,(H,17,21). The minimum absolute atomic E-state index is 0.0439. The molecule has 0 radical (unpaired) electrons. The lowest BCUT2D eigenvalue weighted by atomic mass is 9.65. The average Bonchev–Trinajstić information content (AvgIpc) is 2.97. The number of amides is 1. The third kappa shape index (κ3) is 1.97. The first-order valence-electron chi connectivity index (χ1n) is 8.02. The van der Waals surface area contributed by atoms with E-state index in [2.05, 4.69) is 19.0 Å². The van der Waals surface area contributed by atoms with Gasteiger partial charge in [-0.05, 0) is 48.8 Å². The van der Waals surface area contributed by atoms with E-state index in [1.54, 1.807) is 0 Å². The fourth-order valence-corrected chi connectivity index (χ4v) is 5.32. The SMILES string of the molecule is O=C(NC1C2CC3CC1CN(C3)C2)c1ccc2nsnc2c1. The summed E-state index contributed by atoms with van der Waals surface area (Å²) in [5, 5.41) is 3.32. The molecule has 6 heteroatoms. The van der Waals surface area contributed by atoms with Crippen molar-refractivity contribution in [2.75, 3.05) is 19.6 Å². The van der Waals surface area contributed by atoms with Crippen LogP contribution in [0.5, 0.6) is 0 Å². The maximum Gasteiger partial charge on any atom is 0.251 e. The van der Waals surface area contributed by atoms with Crippen LogP contribution in [0.25, 0.3) is 11.0 Å². The number of nitrogens with zero attached hydrogens (tertiary/aromatic N) is 3. The number of carbonyl (C=O) groups is 1. The molecule has 1 amide bonds. The van der Waals surface area contributed by atoms with Gasteiger partial charge < -0.3 is 10.2 Å². The Morgan fingerprint density at radius 1 is 1.14 bits per heavy atom. The highest BCUT2D eigenvalue weighted by molar-refractivity contribution is 7.00. The molecule has 1 N–H and O–H groups in total. The van der Waals surface area contributed by atoms with Crippen LogP contribution in [0.4, 0.5) is 0 Å². The summed E-state index contributed by atoms with van der Waals surface area (Å²) in [4.78, 5) is 15.2. The lowest BCUT2D eigenvalue weighted by molar-refractivity contribution is -0.0418. The molecule has 0 spiro atoms. The number of carbonyl (C=O) groups excluding carboxylic acids is 1. The lowest BCUT2D eigenvalue weighted by Crippen LogP contribution is -2.64. The molecule has 4 fully saturated rings. The van der Waals surface area contributed by atoms with Gasteiger partial charge in [0.25, 0.3) is 5.91 Å². The molecule has 4 bridgehead atoms. The number of benzene rings is 1. The number of hydrogen-bond donors (Lipinski definition) is 1. The van der Waals surface area contributed by atoms with Crippen molar-refractivity contribution in [3.8, 4) is 0 Å². The molecule has 5 nitrogen and oxygen atoms in total. The summed E-state index contributed by atoms with van der Waals surface area (Å²) in [5.41, 5.74) is 2.38. The Hall–Kier alpha value is -1.53. The van der Waals surface area contributed by atoms with E-state index in [9.17, 15) is 4.79 Å². The van der Waals surface area contributed by atoms with Crippen LogP contribution in [0.3, 0.4) is 0 Å². The van der Waals surface area contributed by atoms with Crippen molar-refractivity contribution < 1.29 is 4.79 Å². The van der Waals surface area contributed by atoms with E-state index < -0.39 is 0 Å². The predicted octanol–water partition coefficient (Wildman–Crippen LogP) is 1.76. The Bertz CT molecular complexity index is 715. The zero-order valence-electron chi connectivity index (χ0n) is 12.2. The molecule has 4 aliphatic rings. The maximum atomic E-state index is 12.6. The molecule has 1 saturated carbocycles. The van der Waals surface area contributed by atoms with Crippen LogP contribution in [0.2, 0.25) is 0 Å². The van der Waals surface area contributed by atoms with E-state index in [1.165, 1.54) is 31.1 Å². The highest BCUT2D eigenvalue weighted by atomic mass is 32.1. The lowest BCUT2D eigenvalue weighted by Gasteiger charge is -2.55. The predicted molar refractivity (Wildman–Crippen MR) is 84.8 cm³/mol. The van der Waals surface area contributed by atoms with Crippen molar-refractivity contribution in [2.45, 2.75) is 18.9 Å². The summed E-state index contributed by atoms with van der Waals surface area (Å²) in [7, 11) is 0. The molecule has 6 rings (SSSR count). The second kappa shape index (κ2) is 4.73. The van der Waals surface area contributed by atoms with Crippen molar-refractivity contribution in [3.63, 3.8) is 0 Å². The second-order valence-electron chi connectivity index (χ2n) is 7.04. The molecule has 2 atom stereocenters. The van der Waals surface area contributed by atoms with E-state index in [-0.39, 0.29) is 5.91 Å². The average molecular weight is 314 g/mol. The van der Waals surface area contributed by atoms with Crippen LogP contribution in [0, 0.1) is 17.8 Å². The minimum atomic E-state index is 0.0439. The van der Waals surface area contributed by atoms with Crippen molar-refractivity contribution in [2.24, 2.45) is 17.8 Å². The first kappa shape index (κ1) is 13.0. The van der Waals surface area contributed by atoms with Gasteiger partial charge in [-0.1, -0.05) is 0 Å². The topological polar surface area (TPSA) is 58.1 Å². The van der Waals surface area contributed by atoms with E-state index in [4.69, 9.17) is 0 Å². The zero-order chi connectivity index (χ0) is 14.7. The van der Waals surface area contributed by atoms with E-state index >= 15 is 0 Å². The van der Waals surface area contributed by atoms with Gasteiger partial charge in [0.2, 0.25) is 0 Å². The Morgan fingerprint density at radius 2 is 1.91 bits per heavy atom. The van der Waals surface area contributed by atoms with Gasteiger partial charge in [-0.2, -0.15) is 8.75 Å². The Labute approximate surface area is 133 Å². The summed E-state index contributed by atoms with van der Waals surface area (Å²) in [6, 6.07) is 5.95. The van der Waals surface area contributed by atoms with Gasteiger partial charge in [0.1, 0.15) is 11.0 Å². The fraction of sp³-hybridized carbons (Fsp3) is 0.562. The summed E-state index contributed by atoms with van der Waals surface area (Å²) in [5.74, 6) is 2.19. The van der Waals surface area contributed by atoms with Crippen molar-refractivity contribution in [1.29, 1.82) is 0 Å². The second-order valence-corrected chi connectivity index (χ2v) is 7.57. The molecule has 3 saturated heterocycles. The van der Waals surface area contributed by atoms with Crippen LogP contribution in [-0.2, 0) is 0 Å². The van der Waals surface area contributed by atoms with Gasteiger partial charge >= 0.3 is 0 Å². The fourth-order valence-electron chi connectivity index (χ4n) is 4.80. The Kier molecular flexibility index (Phi) is 2.79. The number of aromatic nitrogens is 2. The molecule has 3 aliphatic heterocycles. The van der Waals surface area contributed by atoms with Crippen LogP contribution >= 0.6 is 11.7 Å². The maximum absolute atomic E-state index is 12.6. The van der Waals surface area contributed by atoms with Crippen molar-refractivity contribution in [1.82, 2.24) is 19.0 Å². The third-order valence-corrected chi connectivity index (χ3v) is 6.16. The van der Waals surface area contributed by atoms with Gasteiger partial charge in [0.05, 0.1) is 11.7 Å². The van der Waals surface area contributed by atoms with Gasteiger partial charge in [0, 0.05) is 31.2 Å². The molecule has 2 unspecified atom stereocenters. The minimum Gasteiger partial charge on any atom is -0.349 e. The van der Waals surface area contributed by atoms with Gasteiger partial charge in [-0.3, -0.25) is 4.79 Å². The molecular formula is C16H18N4OS. The molecular weight excluding hydrogens is 296 g/mol. The molecule has 1 aromatic heterocycles. The van der Waals surface area contributed by atoms with Gasteiger partial charge in [-0.25, -0.2) is 0 Å². The summed E-state index contributed by atoms with van der Waals surface area (Å²) < 4.78 is 8.41. The van der Waals surface area contributed by atoms with Crippen molar-refractivity contribution >= 4 is 28.7 Å². The number of rotatable bonds is 2. The molecule has 1 aromatic carbocycles. The van der Waals surface area contributed by atoms with Gasteiger partial charge in [0.15, 0.2) is 0 Å². The van der Waals surface area contributed by atoms with Gasteiger partial charge in [-0.15, -0.1) is 0 Å². The molecule has 1 aliphatic carbocycles. The molecule has 22 heavy (non-hydrogen) atoms. The van der Waals surface area contributed by atoms with Crippen LogP contribution < -0.4 is 5.32 Å². The van der Waals surface area contributed by atoms with Crippen LogP contribution in [-0.4, -0.2) is 45.2 Å². The third-order valence-electron chi connectivity index (χ3n) is 5.60. The number of piperidine rings is 3. The van der Waals surface area contributed by atoms with E-state index in [1.807, 2.05) is 18.2 Å². The molecule has 4 heterocycles. The van der Waals surface area contributed by atoms with E-state index in [0.717, 1.165) is 30.0 Å². The quantitative estimate of drug-likeness (QED) is 0.918. The summed E-state index contributed by atoms with van der Waals surface area (Å²) >= 11 is 1.19. The van der Waals surface area contributed by atoms with Crippen LogP contribution in [0.1, 0.15) is 23.2 Å². The molecule has 114 valence electrons. The highest BCUT2D eigenvalue weighted by Crippen LogP contribution is 2.43. The smallest absolute Gasteiger partial charge is 0.251 e. The largest absolute Gasteiger partial charge is 0.349 e. The number of hydrogen-bond acceptors (Lipinski definition) is 5. The normalized spacial score (nSPS) is 35.9. The summed E-state index contributed by atoms with van der Waals surface area (Å²) in [6.07, 6.45) is 2.57. The van der Waals surface area contributed by atoms with Crippen LogP contribution in [0.15, 0.2) is 18.2 Å². The Morgan fingerprint density at radius 3 is 2.68 bits per heavy atom. The number of nitrogens with one attached hydrogen (secondary N) is 1. The Balaban J connectivity index is 1.38. The highest BCUT2D eigenvalue weighted by Gasteiger charge is 2.47. The molecule has 2 aromatic rings. The monoisotopic (exact) mass is 314 g/mol.